The lowest BCUT2D eigenvalue weighted by molar-refractivity contribution is -0.337. The van der Waals surface area contributed by atoms with Gasteiger partial charge in [-0.2, -0.15) is 0 Å². The zero-order valence-corrected chi connectivity index (χ0v) is 40.2. The molecule has 71 heavy (non-hydrogen) atoms. The average Bonchev–Trinajstić information content (AvgIpc) is 3.82. The third-order valence-corrected chi connectivity index (χ3v) is 14.3. The van der Waals surface area contributed by atoms with Crippen molar-refractivity contribution in [1.82, 2.24) is 25.6 Å². The van der Waals surface area contributed by atoms with Crippen LogP contribution in [0.2, 0.25) is 0 Å². The van der Waals surface area contributed by atoms with E-state index in [1.807, 2.05) is 31.2 Å². The van der Waals surface area contributed by atoms with Crippen molar-refractivity contribution < 1.29 is 93.5 Å². The van der Waals surface area contributed by atoms with Gasteiger partial charge in [0, 0.05) is 19.4 Å². The van der Waals surface area contributed by atoms with Gasteiger partial charge in [-0.1, -0.05) is 61.1 Å². The molecule has 5 aliphatic rings. The van der Waals surface area contributed by atoms with E-state index in [1.54, 1.807) is 6.20 Å². The summed E-state index contributed by atoms with van der Waals surface area (Å²) in [5.41, 5.74) is 2.17. The van der Waals surface area contributed by atoms with Gasteiger partial charge in [-0.05, 0) is 51.0 Å². The number of aromatic nitrogens is 3. The van der Waals surface area contributed by atoms with Crippen molar-refractivity contribution in [2.75, 3.05) is 19.8 Å². The molecule has 4 heterocycles. The van der Waals surface area contributed by atoms with Crippen LogP contribution >= 0.6 is 0 Å². The number of aliphatic hydroxyl groups is 8. The predicted octanol–water partition coefficient (Wildman–Crippen LogP) is -1.85. The summed E-state index contributed by atoms with van der Waals surface area (Å²) in [4.78, 5) is 38.6. The summed E-state index contributed by atoms with van der Waals surface area (Å²) in [6.45, 7) is 4.12. The van der Waals surface area contributed by atoms with Gasteiger partial charge < -0.3 is 89.8 Å². The summed E-state index contributed by atoms with van der Waals surface area (Å²) in [5, 5.41) is 112. The van der Waals surface area contributed by atoms with Crippen molar-refractivity contribution in [3.05, 3.63) is 36.0 Å². The lowest BCUT2D eigenvalue weighted by Crippen LogP contribution is -2.68. The quantitative estimate of drug-likeness (QED) is 0.0781. The Morgan fingerprint density at radius 2 is 1.48 bits per heavy atom. The number of carbonyl (C=O) groups is 3. The minimum atomic E-state index is -1.80. The lowest BCUT2D eigenvalue weighted by Gasteiger charge is -2.49. The van der Waals surface area contributed by atoms with E-state index < -0.39 is 153 Å². The van der Waals surface area contributed by atoms with Crippen LogP contribution < -0.4 is 10.6 Å². The molecule has 3 saturated heterocycles. The van der Waals surface area contributed by atoms with Gasteiger partial charge in [0.05, 0.1) is 44.3 Å². The van der Waals surface area contributed by atoms with E-state index in [2.05, 4.69) is 20.9 Å². The summed E-state index contributed by atoms with van der Waals surface area (Å²) >= 11 is 0. The summed E-state index contributed by atoms with van der Waals surface area (Å²) < 4.78 is 44.7. The Bertz CT molecular complexity index is 2060. The molecule has 11 N–H and O–H groups in total. The fourth-order valence-corrected chi connectivity index (χ4v) is 10.6. The van der Waals surface area contributed by atoms with E-state index >= 15 is 0 Å². The van der Waals surface area contributed by atoms with Crippen molar-refractivity contribution >= 4 is 17.8 Å². The van der Waals surface area contributed by atoms with Crippen LogP contribution in [0.5, 0.6) is 0 Å². The van der Waals surface area contributed by atoms with Gasteiger partial charge in [0.15, 0.2) is 25.0 Å². The highest BCUT2D eigenvalue weighted by atomic mass is 16.7. The molecule has 9 unspecified atom stereocenters. The van der Waals surface area contributed by atoms with E-state index in [4.69, 9.17) is 33.2 Å². The van der Waals surface area contributed by atoms with Crippen molar-refractivity contribution in [2.45, 2.75) is 195 Å². The van der Waals surface area contributed by atoms with Crippen LogP contribution in [0.4, 0.5) is 0 Å². The van der Waals surface area contributed by atoms with Crippen LogP contribution in [-0.4, -0.2) is 209 Å². The van der Waals surface area contributed by atoms with Crippen LogP contribution in [0, 0.1) is 18.8 Å². The molecule has 398 valence electrons. The van der Waals surface area contributed by atoms with Gasteiger partial charge in [-0.3, -0.25) is 9.59 Å². The Hall–Kier alpha value is -3.83. The van der Waals surface area contributed by atoms with Gasteiger partial charge >= 0.3 is 5.97 Å². The van der Waals surface area contributed by atoms with Crippen LogP contribution in [0.1, 0.15) is 83.7 Å². The van der Waals surface area contributed by atoms with E-state index in [1.165, 1.54) is 25.5 Å². The molecule has 0 radical (unpaired) electrons. The van der Waals surface area contributed by atoms with Crippen molar-refractivity contribution in [2.24, 2.45) is 11.8 Å². The van der Waals surface area contributed by atoms with E-state index in [0.717, 1.165) is 43.2 Å². The van der Waals surface area contributed by atoms with Gasteiger partial charge in [0.1, 0.15) is 78.8 Å². The minimum Gasteiger partial charge on any atom is -0.479 e. The number of aryl methyl sites for hydroxylation is 1. The third-order valence-electron chi connectivity index (χ3n) is 14.3. The maximum atomic E-state index is 12.9. The first kappa shape index (κ1) is 54.9. The number of hydrogen-bond donors (Lipinski definition) is 11. The van der Waals surface area contributed by atoms with Crippen molar-refractivity contribution in [3.63, 3.8) is 0 Å². The SMILES string of the molecule is CC(=O)NC1C(O[C@@H](CC2CCCCC2)C(=O)O)[C@@H](O)C(CO)O[C@H]1O[C@@H]1CC(CO[C@H]2O[C@H](CO)[C@@H](O)C(n3cc(-c4cccc(C)c4)nn3)C2O)C[C@@H](NC(C)=O)C1O[C@@H]1OC(C)[C@@H](O)[C@H](O)C1O. The maximum Gasteiger partial charge on any atom is 0.332 e. The number of amides is 2. The molecule has 24 nitrogen and oxygen atoms in total. The predicted molar refractivity (Wildman–Crippen MR) is 242 cm³/mol. The molecule has 2 aromatic rings. The Morgan fingerprint density at radius 1 is 0.789 bits per heavy atom. The van der Waals surface area contributed by atoms with Crippen LogP contribution in [0.3, 0.4) is 0 Å². The van der Waals surface area contributed by atoms with Gasteiger partial charge in [0.25, 0.3) is 0 Å². The molecule has 2 aliphatic carbocycles. The third kappa shape index (κ3) is 13.1. The Kier molecular flexibility index (Phi) is 18.9. The number of ether oxygens (including phenoxy) is 7. The fraction of sp³-hybridized carbons (Fsp3) is 0.766. The van der Waals surface area contributed by atoms with E-state index in [-0.39, 0.29) is 31.8 Å². The zero-order chi connectivity index (χ0) is 51.3. The first-order chi connectivity index (χ1) is 33.9. The number of carboxylic acids is 1. The molecule has 7 rings (SSSR count). The number of carbonyl (C=O) groups excluding carboxylic acids is 2. The Balaban J connectivity index is 1.18. The van der Waals surface area contributed by atoms with Crippen LogP contribution in [0.15, 0.2) is 30.5 Å². The first-order valence-corrected chi connectivity index (χ1v) is 24.5. The number of carboxylic acid groups (broad SMARTS) is 1. The highest BCUT2D eigenvalue weighted by molar-refractivity contribution is 5.74. The number of hydrogen-bond acceptors (Lipinski definition) is 20. The molecule has 0 bridgehead atoms. The standard InChI is InChI=1S/C47H71N5O19/c1-21-9-8-12-27(13-21)29-17-52(51-50-29)35-37(58)32(18-53)70-46(39(35)60)65-20-26-14-28(48-23(3)55)42(71-47-41(62)40(61)36(57)22(2)66-47)30(16-26)68-45-34(49-24(4)56)43(38(59)33(19-54)69-45)67-31(44(63)64)15-25-10-6-5-7-11-25/h8-9,12-13,17,22,25-26,28,30-43,45-47,53-54,57-62H,5-7,10-11,14-16,18-20H2,1-4H3,(H,48,55)(H,49,56)(H,63,64)/t22?,26?,28-,30-,31+,32-,33?,34?,35?,36-,37-,38+,39?,40+,41?,42?,43?,45-,46+,47+/m1/s1. The van der Waals surface area contributed by atoms with E-state index in [9.17, 15) is 60.3 Å². The largest absolute Gasteiger partial charge is 0.479 e. The maximum absolute atomic E-state index is 12.9. The molecule has 20 atom stereocenters. The summed E-state index contributed by atoms with van der Waals surface area (Å²) in [6, 6.07) is 3.86. The van der Waals surface area contributed by atoms with Crippen molar-refractivity contribution in [1.29, 1.82) is 0 Å². The minimum absolute atomic E-state index is 0.0245. The van der Waals surface area contributed by atoms with E-state index in [0.29, 0.717) is 5.69 Å². The average molecular weight is 1010 g/mol. The molecule has 2 saturated carbocycles. The zero-order valence-electron chi connectivity index (χ0n) is 40.2. The monoisotopic (exact) mass is 1010 g/mol. The number of aliphatic carboxylic acids is 1. The number of nitrogens with one attached hydrogen (secondary N) is 2. The summed E-state index contributed by atoms with van der Waals surface area (Å²) in [6.07, 6.45) is -17.5. The summed E-state index contributed by atoms with van der Waals surface area (Å²) in [7, 11) is 0. The normalized spacial score (nSPS) is 38.6. The molecule has 2 amide bonds. The molecular weight excluding hydrogens is 939 g/mol. The van der Waals surface area contributed by atoms with Gasteiger partial charge in [0.2, 0.25) is 11.8 Å². The fourth-order valence-electron chi connectivity index (χ4n) is 10.6. The molecule has 0 spiro atoms. The smallest absolute Gasteiger partial charge is 0.332 e. The summed E-state index contributed by atoms with van der Waals surface area (Å²) in [5.74, 6) is -3.06. The highest BCUT2D eigenvalue weighted by Gasteiger charge is 2.54. The highest BCUT2D eigenvalue weighted by Crippen LogP contribution is 2.38. The second-order valence-electron chi connectivity index (χ2n) is 19.7. The molecular formula is C47H71N5O19. The Labute approximate surface area is 410 Å². The van der Waals surface area contributed by atoms with Crippen molar-refractivity contribution in [3.8, 4) is 11.3 Å². The first-order valence-electron chi connectivity index (χ1n) is 24.5. The second kappa shape index (κ2) is 24.5. The number of aliphatic hydroxyl groups excluding tert-OH is 8. The lowest BCUT2D eigenvalue weighted by atomic mass is 9.81. The number of rotatable bonds is 18. The number of benzene rings is 1. The van der Waals surface area contributed by atoms with Crippen LogP contribution in [-0.2, 0) is 47.5 Å². The molecule has 5 fully saturated rings. The van der Waals surface area contributed by atoms with Crippen LogP contribution in [0.25, 0.3) is 11.3 Å². The molecule has 3 aliphatic heterocycles. The molecule has 24 heteroatoms. The molecule has 1 aromatic carbocycles. The number of nitrogens with zero attached hydrogens (tertiary/aromatic N) is 3. The molecule has 1 aromatic heterocycles. The topological polar surface area (TPSA) is 353 Å². The second-order valence-corrected chi connectivity index (χ2v) is 19.7. The van der Waals surface area contributed by atoms with Gasteiger partial charge in [-0.25, -0.2) is 9.48 Å². The Morgan fingerprint density at radius 3 is 2.14 bits per heavy atom. The van der Waals surface area contributed by atoms with Gasteiger partial charge in [-0.15, -0.1) is 5.10 Å².